The van der Waals surface area contributed by atoms with Crippen molar-refractivity contribution in [1.82, 2.24) is 34.2 Å². The molecule has 3 aromatic heterocycles. The highest BCUT2D eigenvalue weighted by Crippen LogP contribution is 2.59. The second kappa shape index (κ2) is 13.7. The van der Waals surface area contributed by atoms with E-state index in [2.05, 4.69) is 15.2 Å². The van der Waals surface area contributed by atoms with E-state index in [0.29, 0.717) is 19.5 Å². The normalized spacial score (nSPS) is 18.6. The van der Waals surface area contributed by atoms with Crippen LogP contribution in [-0.4, -0.2) is 80.3 Å². The van der Waals surface area contributed by atoms with E-state index in [4.69, 9.17) is 21.1 Å². The topological polar surface area (TPSA) is 151 Å². The Balaban J connectivity index is 1.11. The summed E-state index contributed by atoms with van der Waals surface area (Å²) in [5, 5.41) is 7.98. The Labute approximate surface area is 293 Å². The molecule has 2 fully saturated rings. The van der Waals surface area contributed by atoms with Crippen LogP contribution in [0.1, 0.15) is 83.5 Å². The predicted molar refractivity (Wildman–Crippen MR) is 175 cm³/mol. The molecule has 5 rings (SSSR count). The lowest BCUT2D eigenvalue weighted by Gasteiger charge is -2.33. The number of carbonyl (C=O) groups is 2. The Morgan fingerprint density at radius 3 is 2.50 bits per heavy atom. The third-order valence-electron chi connectivity index (χ3n) is 8.88. The molecule has 2 amide bonds. The summed E-state index contributed by atoms with van der Waals surface area (Å²) in [6.45, 7) is 10.4. The Morgan fingerprint density at radius 1 is 1.14 bits per heavy atom. The van der Waals surface area contributed by atoms with E-state index >= 15 is 0 Å². The summed E-state index contributed by atoms with van der Waals surface area (Å²) in [7, 11) is -4.31. The molecule has 13 nitrogen and oxygen atoms in total. The van der Waals surface area contributed by atoms with Crippen molar-refractivity contribution >= 4 is 33.6 Å². The van der Waals surface area contributed by atoms with Crippen molar-refractivity contribution < 1.29 is 40.7 Å². The standard InChI is InChI=1S/C32H41ClF3N7O6S/c1-29(2,3)49-28(45)42-19-21(17-30(42,4)5)7-6-14-41-20-22(18-37-41)50(46,47)40-27(44)23-8-9-24(38-26(23)33)43-15-10-25(39-43)48-16-13-31(11-12-31)32(34,35)36/h8-10,15,18,20-21H,6-7,11-14,16-17,19H2,1-5H3,(H,40,44). The van der Waals surface area contributed by atoms with E-state index < -0.39 is 33.1 Å². The van der Waals surface area contributed by atoms with Crippen LogP contribution in [0.3, 0.4) is 0 Å². The van der Waals surface area contributed by atoms with Gasteiger partial charge in [0, 0.05) is 37.1 Å². The van der Waals surface area contributed by atoms with Gasteiger partial charge in [-0.15, -0.1) is 5.10 Å². The lowest BCUT2D eigenvalue weighted by atomic mass is 9.93. The van der Waals surface area contributed by atoms with Crippen molar-refractivity contribution in [2.24, 2.45) is 11.3 Å². The number of nitrogens with one attached hydrogen (secondary N) is 1. The molecule has 3 aromatic rings. The number of nitrogens with zero attached hydrogens (tertiary/aromatic N) is 6. The first-order valence-electron chi connectivity index (χ1n) is 16.2. The Kier molecular flexibility index (Phi) is 10.2. The van der Waals surface area contributed by atoms with E-state index in [9.17, 15) is 31.2 Å². The van der Waals surface area contributed by atoms with Gasteiger partial charge in [-0.1, -0.05) is 11.6 Å². The van der Waals surface area contributed by atoms with Gasteiger partial charge in [0.15, 0.2) is 5.82 Å². The predicted octanol–water partition coefficient (Wildman–Crippen LogP) is 6.16. The molecule has 274 valence electrons. The van der Waals surface area contributed by atoms with E-state index in [0.717, 1.165) is 19.0 Å². The lowest BCUT2D eigenvalue weighted by Crippen LogP contribution is -2.45. The van der Waals surface area contributed by atoms with Gasteiger partial charge in [0.25, 0.3) is 15.9 Å². The molecule has 18 heteroatoms. The second-order valence-corrected chi connectivity index (χ2v) is 16.5. The van der Waals surface area contributed by atoms with Gasteiger partial charge in [-0.25, -0.2) is 27.6 Å². The molecule has 0 spiro atoms. The van der Waals surface area contributed by atoms with Crippen molar-refractivity contribution in [3.8, 4) is 11.7 Å². The zero-order chi connectivity index (χ0) is 36.7. The maximum Gasteiger partial charge on any atom is 0.410 e. The van der Waals surface area contributed by atoms with Crippen LogP contribution < -0.4 is 9.46 Å². The molecule has 1 unspecified atom stereocenters. The number of aryl methyl sites for hydroxylation is 1. The van der Waals surface area contributed by atoms with Gasteiger partial charge in [0.2, 0.25) is 5.88 Å². The average molecular weight is 744 g/mol. The first kappa shape index (κ1) is 37.4. The second-order valence-electron chi connectivity index (χ2n) is 14.5. The van der Waals surface area contributed by atoms with Crippen LogP contribution in [0, 0.1) is 11.3 Å². The third-order valence-corrected chi connectivity index (χ3v) is 10.5. The number of rotatable bonds is 12. The van der Waals surface area contributed by atoms with Gasteiger partial charge >= 0.3 is 12.3 Å². The SMILES string of the molecule is CC(C)(C)OC(=O)N1CC(CCCn2cc(S(=O)(=O)NC(=O)c3ccc(-n4ccc(OCCC5(C(F)(F)F)CC5)n4)nc3Cl)cn2)CC1(C)C. The van der Waals surface area contributed by atoms with Gasteiger partial charge in [-0.05, 0) is 91.2 Å². The Bertz CT molecular complexity index is 1830. The van der Waals surface area contributed by atoms with Crippen LogP contribution in [0.4, 0.5) is 18.0 Å². The van der Waals surface area contributed by atoms with E-state index in [-0.39, 0.29) is 70.7 Å². The van der Waals surface area contributed by atoms with Crippen LogP contribution in [-0.2, 0) is 21.3 Å². The van der Waals surface area contributed by atoms with Crippen LogP contribution in [0.15, 0.2) is 41.7 Å². The van der Waals surface area contributed by atoms with E-state index in [1.165, 1.54) is 40.0 Å². The van der Waals surface area contributed by atoms with Crippen molar-refractivity contribution in [2.45, 2.75) is 102 Å². The number of aromatic nitrogens is 5. The molecule has 0 aromatic carbocycles. The Hall–Kier alpha value is -3.86. The monoisotopic (exact) mass is 743 g/mol. The summed E-state index contributed by atoms with van der Waals surface area (Å²) in [6, 6.07) is 4.10. The number of alkyl halides is 3. The van der Waals surface area contributed by atoms with Crippen LogP contribution in [0.25, 0.3) is 5.82 Å². The molecule has 1 saturated heterocycles. The smallest absolute Gasteiger partial charge is 0.410 e. The summed E-state index contributed by atoms with van der Waals surface area (Å²) in [5.41, 5.74) is -2.83. The number of pyridine rings is 1. The minimum atomic E-state index is -4.31. The van der Waals surface area contributed by atoms with Crippen molar-refractivity contribution in [3.05, 3.63) is 47.5 Å². The number of carbonyl (C=O) groups excluding carboxylic acids is 2. The fourth-order valence-corrected chi connectivity index (χ4v) is 7.17. The molecular weight excluding hydrogens is 703 g/mol. The molecular formula is C32H41ClF3N7O6S. The highest BCUT2D eigenvalue weighted by atomic mass is 35.5. The minimum absolute atomic E-state index is 0.0842. The van der Waals surface area contributed by atoms with Gasteiger partial charge in [-0.3, -0.25) is 9.48 Å². The highest BCUT2D eigenvalue weighted by Gasteiger charge is 2.62. The number of sulfonamides is 1. The number of likely N-dealkylation sites (tertiary alicyclic amines) is 1. The van der Waals surface area contributed by atoms with Gasteiger partial charge < -0.3 is 14.4 Å². The maximum absolute atomic E-state index is 13.1. The quantitative estimate of drug-likeness (QED) is 0.215. The van der Waals surface area contributed by atoms with Gasteiger partial charge in [-0.2, -0.15) is 18.3 Å². The average Bonchev–Trinajstić information content (AvgIpc) is 3.29. The summed E-state index contributed by atoms with van der Waals surface area (Å²) >= 11 is 6.24. The van der Waals surface area contributed by atoms with E-state index in [1.54, 1.807) is 4.90 Å². The molecule has 4 heterocycles. The van der Waals surface area contributed by atoms with Crippen molar-refractivity contribution in [1.29, 1.82) is 0 Å². The molecule has 1 saturated carbocycles. The van der Waals surface area contributed by atoms with Crippen LogP contribution in [0.5, 0.6) is 5.88 Å². The fourth-order valence-electron chi connectivity index (χ4n) is 6.01. The molecule has 1 aliphatic carbocycles. The molecule has 1 N–H and O–H groups in total. The molecule has 2 aliphatic rings. The van der Waals surface area contributed by atoms with Crippen molar-refractivity contribution in [3.63, 3.8) is 0 Å². The van der Waals surface area contributed by atoms with Crippen molar-refractivity contribution in [2.75, 3.05) is 13.2 Å². The lowest BCUT2D eigenvalue weighted by molar-refractivity contribution is -0.190. The minimum Gasteiger partial charge on any atom is -0.477 e. The number of amides is 2. The molecule has 0 radical (unpaired) electrons. The molecule has 1 aliphatic heterocycles. The molecule has 50 heavy (non-hydrogen) atoms. The van der Waals surface area contributed by atoms with Crippen LogP contribution in [0.2, 0.25) is 5.15 Å². The first-order chi connectivity index (χ1) is 23.2. The zero-order valence-electron chi connectivity index (χ0n) is 28.5. The zero-order valence-corrected chi connectivity index (χ0v) is 30.0. The number of hydrogen-bond donors (Lipinski definition) is 1. The first-order valence-corrected chi connectivity index (χ1v) is 18.1. The van der Waals surface area contributed by atoms with Gasteiger partial charge in [0.05, 0.1) is 23.8 Å². The molecule has 0 bridgehead atoms. The summed E-state index contributed by atoms with van der Waals surface area (Å²) in [4.78, 5) is 31.3. The number of ether oxygens (including phenoxy) is 2. The van der Waals surface area contributed by atoms with Crippen LogP contribution >= 0.6 is 11.6 Å². The number of halogens is 4. The van der Waals surface area contributed by atoms with E-state index in [1.807, 2.05) is 39.3 Å². The molecule has 1 atom stereocenters. The summed E-state index contributed by atoms with van der Waals surface area (Å²) in [6.07, 6.45) is 1.61. The maximum atomic E-state index is 13.1. The summed E-state index contributed by atoms with van der Waals surface area (Å²) in [5.74, 6) is -0.515. The third kappa shape index (κ3) is 8.71. The fraction of sp³-hybridized carbons (Fsp3) is 0.594. The largest absolute Gasteiger partial charge is 0.477 e. The highest BCUT2D eigenvalue weighted by molar-refractivity contribution is 7.90. The summed E-state index contributed by atoms with van der Waals surface area (Å²) < 4.78 is 81.1. The van der Waals surface area contributed by atoms with Gasteiger partial charge in [0.1, 0.15) is 15.6 Å². The number of hydrogen-bond acceptors (Lipinski definition) is 9. The Morgan fingerprint density at radius 2 is 1.86 bits per heavy atom.